The van der Waals surface area contributed by atoms with Gasteiger partial charge in [0.05, 0.1) is 29.6 Å². The van der Waals surface area contributed by atoms with Crippen molar-refractivity contribution in [2.24, 2.45) is 0 Å². The Hall–Kier alpha value is -1.66. The molecule has 1 saturated heterocycles. The minimum atomic E-state index is -0.764. The molecule has 1 heterocycles. The third-order valence-corrected chi connectivity index (χ3v) is 4.90. The average Bonchev–Trinajstić information content (AvgIpc) is 2.65. The van der Waals surface area contributed by atoms with E-state index < -0.39 is 6.10 Å². The van der Waals surface area contributed by atoms with Gasteiger partial charge in [0.15, 0.2) is 6.10 Å². The van der Waals surface area contributed by atoms with Gasteiger partial charge in [-0.05, 0) is 43.3 Å². The second kappa shape index (κ2) is 9.02. The van der Waals surface area contributed by atoms with E-state index in [0.717, 1.165) is 18.8 Å². The predicted molar refractivity (Wildman–Crippen MR) is 110 cm³/mol. The van der Waals surface area contributed by atoms with Crippen molar-refractivity contribution in [3.05, 3.63) is 51.5 Å². The first-order valence-corrected chi connectivity index (χ1v) is 9.62. The summed E-state index contributed by atoms with van der Waals surface area (Å²) in [6, 6.07) is 10.3. The smallest absolute Gasteiger partial charge is 0.265 e. The van der Waals surface area contributed by atoms with Crippen LogP contribution < -0.4 is 15.0 Å². The van der Waals surface area contributed by atoms with E-state index in [1.807, 2.05) is 6.07 Å². The Morgan fingerprint density at radius 3 is 2.48 bits per heavy atom. The van der Waals surface area contributed by atoms with Gasteiger partial charge in [-0.1, -0.05) is 34.8 Å². The molecule has 1 aliphatic rings. The molecule has 2 aromatic carbocycles. The Morgan fingerprint density at radius 1 is 1.11 bits per heavy atom. The molecule has 2 aromatic rings. The molecule has 0 spiro atoms. The molecule has 1 fully saturated rings. The van der Waals surface area contributed by atoms with Crippen LogP contribution in [0.4, 0.5) is 11.4 Å². The summed E-state index contributed by atoms with van der Waals surface area (Å²) in [5, 5.41) is 4.28. The average molecular weight is 430 g/mol. The summed E-state index contributed by atoms with van der Waals surface area (Å²) in [5.41, 5.74) is 1.53. The fraction of sp³-hybridized carbons (Fsp3) is 0.316. The molecule has 1 aliphatic heterocycles. The van der Waals surface area contributed by atoms with Crippen molar-refractivity contribution in [2.45, 2.75) is 13.0 Å². The van der Waals surface area contributed by atoms with Crippen molar-refractivity contribution < 1.29 is 14.3 Å². The van der Waals surface area contributed by atoms with Crippen LogP contribution in [-0.2, 0) is 9.53 Å². The number of nitrogens with zero attached hydrogens (tertiary/aromatic N) is 1. The van der Waals surface area contributed by atoms with Gasteiger partial charge in [0.25, 0.3) is 5.91 Å². The second-order valence-electron chi connectivity index (χ2n) is 6.08. The van der Waals surface area contributed by atoms with Crippen LogP contribution in [0.5, 0.6) is 5.75 Å². The molecule has 0 radical (unpaired) electrons. The molecule has 0 aliphatic carbocycles. The van der Waals surface area contributed by atoms with Gasteiger partial charge in [0, 0.05) is 23.1 Å². The molecule has 1 atom stereocenters. The fourth-order valence-corrected chi connectivity index (χ4v) is 3.36. The van der Waals surface area contributed by atoms with Crippen LogP contribution >= 0.6 is 34.8 Å². The number of hydrogen-bond acceptors (Lipinski definition) is 4. The maximum atomic E-state index is 12.6. The summed E-state index contributed by atoms with van der Waals surface area (Å²) in [4.78, 5) is 14.8. The zero-order chi connectivity index (χ0) is 19.4. The Labute approximate surface area is 173 Å². The van der Waals surface area contributed by atoms with Crippen molar-refractivity contribution >= 4 is 52.1 Å². The lowest BCUT2D eigenvalue weighted by Gasteiger charge is -2.30. The highest BCUT2D eigenvalue weighted by Crippen LogP contribution is 2.31. The fourth-order valence-electron chi connectivity index (χ4n) is 2.74. The number of amides is 1. The van der Waals surface area contributed by atoms with Crippen molar-refractivity contribution in [1.29, 1.82) is 0 Å². The first-order valence-electron chi connectivity index (χ1n) is 8.49. The van der Waals surface area contributed by atoms with Crippen LogP contribution in [0.25, 0.3) is 0 Å². The zero-order valence-corrected chi connectivity index (χ0v) is 16.9. The van der Waals surface area contributed by atoms with Gasteiger partial charge in [-0.15, -0.1) is 0 Å². The quantitative estimate of drug-likeness (QED) is 0.735. The SMILES string of the molecule is C[C@H](Oc1ccc(Cl)cc1Cl)C(=O)Nc1cc(Cl)ccc1N1CCOCC1. The first kappa shape index (κ1) is 20.1. The van der Waals surface area contributed by atoms with Crippen molar-refractivity contribution in [3.63, 3.8) is 0 Å². The van der Waals surface area contributed by atoms with E-state index >= 15 is 0 Å². The molecule has 144 valence electrons. The van der Waals surface area contributed by atoms with E-state index in [4.69, 9.17) is 44.3 Å². The number of ether oxygens (including phenoxy) is 2. The lowest BCUT2D eigenvalue weighted by Crippen LogP contribution is -2.37. The van der Waals surface area contributed by atoms with Gasteiger partial charge >= 0.3 is 0 Å². The molecule has 0 unspecified atom stereocenters. The topological polar surface area (TPSA) is 50.8 Å². The molecule has 1 amide bonds. The molecule has 0 bridgehead atoms. The van der Waals surface area contributed by atoms with Crippen molar-refractivity contribution in [1.82, 2.24) is 0 Å². The molecule has 3 rings (SSSR count). The van der Waals surface area contributed by atoms with Crippen LogP contribution in [0, 0.1) is 0 Å². The molecular formula is C19H19Cl3N2O3. The molecule has 0 saturated carbocycles. The monoisotopic (exact) mass is 428 g/mol. The van der Waals surface area contributed by atoms with Crippen LogP contribution in [0.1, 0.15) is 6.92 Å². The van der Waals surface area contributed by atoms with Gasteiger partial charge in [-0.3, -0.25) is 4.79 Å². The van der Waals surface area contributed by atoms with Crippen LogP contribution in [0.2, 0.25) is 15.1 Å². The Morgan fingerprint density at radius 2 is 1.78 bits per heavy atom. The normalized spacial score (nSPS) is 15.3. The number of carbonyl (C=O) groups is 1. The van der Waals surface area contributed by atoms with E-state index in [1.165, 1.54) is 0 Å². The maximum Gasteiger partial charge on any atom is 0.265 e. The summed E-state index contributed by atoms with van der Waals surface area (Å²) in [6.07, 6.45) is -0.764. The lowest BCUT2D eigenvalue weighted by atomic mass is 10.2. The number of halogens is 3. The standard InChI is InChI=1S/C19H19Cl3N2O3/c1-12(27-18-5-3-13(20)10-15(18)22)19(25)23-16-11-14(21)2-4-17(16)24-6-8-26-9-7-24/h2-5,10-12H,6-9H2,1H3,(H,23,25)/t12-/m0/s1. The van der Waals surface area contributed by atoms with Gasteiger partial charge in [-0.2, -0.15) is 0 Å². The summed E-state index contributed by atoms with van der Waals surface area (Å²) < 4.78 is 11.1. The molecule has 27 heavy (non-hydrogen) atoms. The van der Waals surface area contributed by atoms with E-state index in [2.05, 4.69) is 10.2 Å². The van der Waals surface area contributed by atoms with E-state index in [1.54, 1.807) is 37.3 Å². The first-order chi connectivity index (χ1) is 12.9. The highest BCUT2D eigenvalue weighted by molar-refractivity contribution is 6.35. The highest BCUT2D eigenvalue weighted by Gasteiger charge is 2.20. The third-order valence-electron chi connectivity index (χ3n) is 4.14. The van der Waals surface area contributed by atoms with E-state index in [0.29, 0.717) is 39.7 Å². The molecule has 5 nitrogen and oxygen atoms in total. The summed E-state index contributed by atoms with van der Waals surface area (Å²) in [6.45, 7) is 4.43. The van der Waals surface area contributed by atoms with Crippen LogP contribution in [0.3, 0.4) is 0 Å². The van der Waals surface area contributed by atoms with Gasteiger partial charge in [0.2, 0.25) is 0 Å². The number of nitrogens with one attached hydrogen (secondary N) is 1. The number of rotatable bonds is 5. The summed E-state index contributed by atoms with van der Waals surface area (Å²) in [5.74, 6) is 0.0843. The second-order valence-corrected chi connectivity index (χ2v) is 7.37. The molecule has 8 heteroatoms. The van der Waals surface area contributed by atoms with Crippen molar-refractivity contribution in [3.8, 4) is 5.75 Å². The van der Waals surface area contributed by atoms with Crippen LogP contribution in [0.15, 0.2) is 36.4 Å². The Kier molecular flexibility index (Phi) is 6.71. The van der Waals surface area contributed by atoms with E-state index in [9.17, 15) is 4.79 Å². The van der Waals surface area contributed by atoms with Gasteiger partial charge in [-0.25, -0.2) is 0 Å². The number of morpholine rings is 1. The molecular weight excluding hydrogens is 411 g/mol. The predicted octanol–water partition coefficient (Wildman–Crippen LogP) is 4.89. The number of carbonyl (C=O) groups excluding carboxylic acids is 1. The Bertz CT molecular complexity index is 826. The summed E-state index contributed by atoms with van der Waals surface area (Å²) >= 11 is 18.1. The summed E-state index contributed by atoms with van der Waals surface area (Å²) in [7, 11) is 0. The zero-order valence-electron chi connectivity index (χ0n) is 14.7. The van der Waals surface area contributed by atoms with Crippen LogP contribution in [-0.4, -0.2) is 38.3 Å². The molecule has 1 N–H and O–H groups in total. The van der Waals surface area contributed by atoms with Crippen molar-refractivity contribution in [2.75, 3.05) is 36.5 Å². The molecule has 0 aromatic heterocycles. The van der Waals surface area contributed by atoms with E-state index in [-0.39, 0.29) is 5.91 Å². The largest absolute Gasteiger partial charge is 0.479 e. The van der Waals surface area contributed by atoms with Gasteiger partial charge < -0.3 is 19.7 Å². The maximum absolute atomic E-state index is 12.6. The Balaban J connectivity index is 1.73. The highest BCUT2D eigenvalue weighted by atomic mass is 35.5. The minimum Gasteiger partial charge on any atom is -0.479 e. The lowest BCUT2D eigenvalue weighted by molar-refractivity contribution is -0.122. The number of anilines is 2. The number of hydrogen-bond donors (Lipinski definition) is 1. The number of benzene rings is 2. The van der Waals surface area contributed by atoms with Gasteiger partial charge in [0.1, 0.15) is 5.75 Å². The minimum absolute atomic E-state index is 0.308. The third kappa shape index (κ3) is 5.20.